The molecule has 2 N–H and O–H groups in total. The number of nitrogens with two attached hydrogens (primary N) is 1. The van der Waals surface area contributed by atoms with Gasteiger partial charge >= 0.3 is 0 Å². The van der Waals surface area contributed by atoms with Gasteiger partial charge in [0.2, 0.25) is 0 Å². The van der Waals surface area contributed by atoms with Gasteiger partial charge in [-0.15, -0.1) is 0 Å². The van der Waals surface area contributed by atoms with E-state index in [1.54, 1.807) is 0 Å². The zero-order chi connectivity index (χ0) is 12.5. The Bertz CT molecular complexity index is 426. The summed E-state index contributed by atoms with van der Waals surface area (Å²) in [5.74, 6) is 0. The molecule has 2 heteroatoms. The van der Waals surface area contributed by atoms with Crippen LogP contribution in [0.5, 0.6) is 0 Å². The number of benzene rings is 2. The standard InChI is InChI=1S/C8H10.C7H8IN/c1-2-8-6-4-3-5-7-8;8-7-4-2-1-3-6(7)5-9/h3-7H,2H2,1H3;1-4H,5,9H2. The first-order valence-electron chi connectivity index (χ1n) is 5.75. The molecule has 0 spiro atoms. The van der Waals surface area contributed by atoms with Gasteiger partial charge in [-0.05, 0) is 46.2 Å². The third-order valence-electron chi connectivity index (χ3n) is 2.43. The Morgan fingerprint density at radius 1 is 0.941 bits per heavy atom. The predicted molar refractivity (Wildman–Crippen MR) is 82.9 cm³/mol. The molecule has 0 aliphatic heterocycles. The molecule has 0 amide bonds. The summed E-state index contributed by atoms with van der Waals surface area (Å²) in [5, 5.41) is 0. The van der Waals surface area contributed by atoms with Gasteiger partial charge in [0.1, 0.15) is 0 Å². The molecule has 0 atom stereocenters. The summed E-state index contributed by atoms with van der Waals surface area (Å²) in [6, 6.07) is 18.6. The zero-order valence-electron chi connectivity index (χ0n) is 10.1. The first kappa shape index (κ1) is 14.2. The van der Waals surface area contributed by atoms with E-state index in [0.717, 1.165) is 6.42 Å². The van der Waals surface area contributed by atoms with Crippen molar-refractivity contribution in [3.63, 3.8) is 0 Å². The van der Waals surface area contributed by atoms with Crippen molar-refractivity contribution in [2.45, 2.75) is 19.9 Å². The summed E-state index contributed by atoms with van der Waals surface area (Å²) in [7, 11) is 0. The average Bonchev–Trinajstić information content (AvgIpc) is 2.41. The molecule has 90 valence electrons. The fourth-order valence-electron chi connectivity index (χ4n) is 1.38. The third-order valence-corrected chi connectivity index (χ3v) is 3.48. The number of hydrogen-bond donors (Lipinski definition) is 1. The fourth-order valence-corrected chi connectivity index (χ4v) is 1.99. The third kappa shape index (κ3) is 5.33. The van der Waals surface area contributed by atoms with Crippen molar-refractivity contribution in [1.82, 2.24) is 0 Å². The van der Waals surface area contributed by atoms with Gasteiger partial charge < -0.3 is 5.73 Å². The minimum Gasteiger partial charge on any atom is -0.326 e. The van der Waals surface area contributed by atoms with E-state index in [4.69, 9.17) is 5.73 Å². The van der Waals surface area contributed by atoms with Crippen molar-refractivity contribution in [2.75, 3.05) is 0 Å². The quantitative estimate of drug-likeness (QED) is 0.823. The summed E-state index contributed by atoms with van der Waals surface area (Å²) in [6.07, 6.45) is 1.14. The van der Waals surface area contributed by atoms with Crippen LogP contribution in [-0.4, -0.2) is 0 Å². The van der Waals surface area contributed by atoms with E-state index in [-0.39, 0.29) is 0 Å². The van der Waals surface area contributed by atoms with Crippen molar-refractivity contribution in [3.8, 4) is 0 Å². The zero-order valence-corrected chi connectivity index (χ0v) is 12.2. The molecular weight excluding hydrogens is 321 g/mol. The second-order valence-electron chi connectivity index (χ2n) is 3.63. The minimum atomic E-state index is 0.638. The van der Waals surface area contributed by atoms with Gasteiger partial charge in [0.25, 0.3) is 0 Å². The number of halogens is 1. The van der Waals surface area contributed by atoms with Crippen LogP contribution in [0.25, 0.3) is 0 Å². The summed E-state index contributed by atoms with van der Waals surface area (Å²) in [6.45, 7) is 2.80. The maximum Gasteiger partial charge on any atom is 0.0188 e. The van der Waals surface area contributed by atoms with Crippen LogP contribution in [0.3, 0.4) is 0 Å². The molecule has 2 aromatic carbocycles. The first-order chi connectivity index (χ1) is 8.27. The Balaban J connectivity index is 0.000000171. The predicted octanol–water partition coefficient (Wildman–Crippen LogP) is 4.00. The van der Waals surface area contributed by atoms with E-state index in [1.807, 2.05) is 24.3 Å². The largest absolute Gasteiger partial charge is 0.326 e. The summed E-state index contributed by atoms with van der Waals surface area (Å²) < 4.78 is 1.25. The highest BCUT2D eigenvalue weighted by Gasteiger charge is 1.91. The highest BCUT2D eigenvalue weighted by atomic mass is 127. The topological polar surface area (TPSA) is 26.0 Å². The van der Waals surface area contributed by atoms with Crippen molar-refractivity contribution in [2.24, 2.45) is 5.73 Å². The van der Waals surface area contributed by atoms with E-state index >= 15 is 0 Å². The lowest BCUT2D eigenvalue weighted by atomic mass is 10.2. The van der Waals surface area contributed by atoms with Gasteiger partial charge in [-0.1, -0.05) is 55.5 Å². The minimum absolute atomic E-state index is 0.638. The van der Waals surface area contributed by atoms with Crippen LogP contribution < -0.4 is 5.73 Å². The molecule has 0 heterocycles. The van der Waals surface area contributed by atoms with E-state index in [9.17, 15) is 0 Å². The van der Waals surface area contributed by atoms with Gasteiger partial charge in [0.15, 0.2) is 0 Å². The molecule has 2 aromatic rings. The Labute approximate surface area is 117 Å². The SMILES string of the molecule is CCc1ccccc1.NCc1ccccc1I. The summed E-state index contributed by atoms with van der Waals surface area (Å²) in [4.78, 5) is 0. The molecule has 0 radical (unpaired) electrons. The smallest absolute Gasteiger partial charge is 0.0188 e. The van der Waals surface area contributed by atoms with Crippen LogP contribution in [0.1, 0.15) is 18.1 Å². The fraction of sp³-hybridized carbons (Fsp3) is 0.200. The van der Waals surface area contributed by atoms with Gasteiger partial charge in [-0.25, -0.2) is 0 Å². The number of rotatable bonds is 2. The van der Waals surface area contributed by atoms with Crippen molar-refractivity contribution >= 4 is 22.6 Å². The molecule has 0 aliphatic rings. The second kappa shape index (κ2) is 8.25. The van der Waals surface area contributed by atoms with Crippen LogP contribution in [0, 0.1) is 3.57 Å². The van der Waals surface area contributed by atoms with Crippen LogP contribution in [-0.2, 0) is 13.0 Å². The molecule has 0 aliphatic carbocycles. The van der Waals surface area contributed by atoms with Gasteiger partial charge in [-0.2, -0.15) is 0 Å². The van der Waals surface area contributed by atoms with Crippen LogP contribution >= 0.6 is 22.6 Å². The Kier molecular flexibility index (Phi) is 6.89. The molecule has 0 aromatic heterocycles. The summed E-state index contributed by atoms with van der Waals surface area (Å²) >= 11 is 2.28. The summed E-state index contributed by atoms with van der Waals surface area (Å²) in [5.41, 5.74) is 8.08. The second-order valence-corrected chi connectivity index (χ2v) is 4.80. The molecule has 0 saturated heterocycles. The number of aryl methyl sites for hydroxylation is 1. The van der Waals surface area contributed by atoms with Crippen LogP contribution in [0.4, 0.5) is 0 Å². The van der Waals surface area contributed by atoms with Crippen LogP contribution in [0.2, 0.25) is 0 Å². The lowest BCUT2D eigenvalue weighted by Gasteiger charge is -1.96. The maximum atomic E-state index is 5.45. The monoisotopic (exact) mass is 339 g/mol. The van der Waals surface area contributed by atoms with Crippen molar-refractivity contribution in [3.05, 3.63) is 69.3 Å². The Morgan fingerprint density at radius 2 is 1.53 bits per heavy atom. The highest BCUT2D eigenvalue weighted by molar-refractivity contribution is 14.1. The highest BCUT2D eigenvalue weighted by Crippen LogP contribution is 2.09. The van der Waals surface area contributed by atoms with Crippen LogP contribution in [0.15, 0.2) is 54.6 Å². The first-order valence-corrected chi connectivity index (χ1v) is 6.83. The normalized spacial score (nSPS) is 9.35. The van der Waals surface area contributed by atoms with E-state index in [0.29, 0.717) is 6.54 Å². The van der Waals surface area contributed by atoms with E-state index in [2.05, 4.69) is 59.8 Å². The number of hydrogen-bond acceptors (Lipinski definition) is 1. The van der Waals surface area contributed by atoms with E-state index in [1.165, 1.54) is 14.7 Å². The average molecular weight is 339 g/mol. The molecule has 17 heavy (non-hydrogen) atoms. The van der Waals surface area contributed by atoms with E-state index < -0.39 is 0 Å². The molecule has 0 bridgehead atoms. The lowest BCUT2D eigenvalue weighted by Crippen LogP contribution is -1.97. The van der Waals surface area contributed by atoms with Gasteiger partial charge in [-0.3, -0.25) is 0 Å². The molecule has 2 rings (SSSR count). The molecule has 0 fully saturated rings. The van der Waals surface area contributed by atoms with Crippen molar-refractivity contribution < 1.29 is 0 Å². The van der Waals surface area contributed by atoms with Gasteiger partial charge in [0, 0.05) is 10.1 Å². The molecule has 1 nitrogen and oxygen atoms in total. The van der Waals surface area contributed by atoms with Gasteiger partial charge in [0.05, 0.1) is 0 Å². The molecule has 0 unspecified atom stereocenters. The Morgan fingerprint density at radius 3 is 1.94 bits per heavy atom. The maximum absolute atomic E-state index is 5.45. The van der Waals surface area contributed by atoms with Crippen molar-refractivity contribution in [1.29, 1.82) is 0 Å². The lowest BCUT2D eigenvalue weighted by molar-refractivity contribution is 1.06. The molecule has 0 saturated carbocycles. The molecular formula is C15H18IN. The Hall–Kier alpha value is -0.870.